The Hall–Kier alpha value is -3.60. The maximum absolute atomic E-state index is 12.8. The quantitative estimate of drug-likeness (QED) is 0.448. The standard InChI is InChI=1S/C28H31N3O6S/c1-21(23-5-3-2-4-6-23)29-38(33,34)25-10-8-24(9-11-25)35-19-28(32)31-15-13-30(14-16-31)18-22-7-12-26-27(17-22)37-20-36-26/h2-12,17,21,29H,13-16,18-20H2,1H3/t21-/m0/s1. The summed E-state index contributed by atoms with van der Waals surface area (Å²) >= 11 is 0. The summed E-state index contributed by atoms with van der Waals surface area (Å²) in [6.07, 6.45) is 0. The van der Waals surface area contributed by atoms with E-state index in [1.165, 1.54) is 12.1 Å². The van der Waals surface area contributed by atoms with Gasteiger partial charge < -0.3 is 19.1 Å². The second-order valence-electron chi connectivity index (χ2n) is 9.36. The van der Waals surface area contributed by atoms with Crippen molar-refractivity contribution in [2.24, 2.45) is 0 Å². The van der Waals surface area contributed by atoms with E-state index in [4.69, 9.17) is 14.2 Å². The molecule has 0 saturated carbocycles. The minimum Gasteiger partial charge on any atom is -0.484 e. The minimum absolute atomic E-state index is 0.0946. The van der Waals surface area contributed by atoms with Crippen molar-refractivity contribution in [1.29, 1.82) is 0 Å². The van der Waals surface area contributed by atoms with Gasteiger partial charge in [0.1, 0.15) is 5.75 Å². The number of benzene rings is 3. The van der Waals surface area contributed by atoms with Crippen LogP contribution in [0.25, 0.3) is 0 Å². The van der Waals surface area contributed by atoms with Gasteiger partial charge in [-0.15, -0.1) is 0 Å². The highest BCUT2D eigenvalue weighted by atomic mass is 32.2. The summed E-state index contributed by atoms with van der Waals surface area (Å²) in [5, 5.41) is 0. The molecule has 0 spiro atoms. The van der Waals surface area contributed by atoms with Gasteiger partial charge in [0.15, 0.2) is 18.1 Å². The molecule has 0 unspecified atom stereocenters. The molecule has 0 aromatic heterocycles. The number of nitrogens with zero attached hydrogens (tertiary/aromatic N) is 2. The van der Waals surface area contributed by atoms with E-state index in [2.05, 4.69) is 9.62 Å². The summed E-state index contributed by atoms with van der Waals surface area (Å²) in [6, 6.07) is 21.1. The molecule has 2 aliphatic heterocycles. The topological polar surface area (TPSA) is 97.4 Å². The summed E-state index contributed by atoms with van der Waals surface area (Å²) in [6.45, 7) is 5.51. The Morgan fingerprint density at radius 1 is 0.947 bits per heavy atom. The van der Waals surface area contributed by atoms with E-state index in [-0.39, 0.29) is 30.2 Å². The highest BCUT2D eigenvalue weighted by Crippen LogP contribution is 2.33. The number of amides is 1. The summed E-state index contributed by atoms with van der Waals surface area (Å²) in [7, 11) is -3.70. The van der Waals surface area contributed by atoms with E-state index in [9.17, 15) is 13.2 Å². The lowest BCUT2D eigenvalue weighted by Gasteiger charge is -2.34. The van der Waals surface area contributed by atoms with Crippen LogP contribution < -0.4 is 18.9 Å². The third-order valence-electron chi connectivity index (χ3n) is 6.70. The van der Waals surface area contributed by atoms with Crippen LogP contribution in [0.1, 0.15) is 24.1 Å². The maximum Gasteiger partial charge on any atom is 0.260 e. The van der Waals surface area contributed by atoms with Gasteiger partial charge in [0.05, 0.1) is 4.90 Å². The highest BCUT2D eigenvalue weighted by Gasteiger charge is 2.23. The number of nitrogens with one attached hydrogen (secondary N) is 1. The third-order valence-corrected chi connectivity index (χ3v) is 8.25. The molecule has 1 saturated heterocycles. The summed E-state index contributed by atoms with van der Waals surface area (Å²) in [4.78, 5) is 16.9. The summed E-state index contributed by atoms with van der Waals surface area (Å²) in [5.74, 6) is 1.89. The van der Waals surface area contributed by atoms with Crippen LogP contribution in [-0.2, 0) is 21.4 Å². The van der Waals surface area contributed by atoms with Crippen LogP contribution in [0.15, 0.2) is 77.7 Å². The Morgan fingerprint density at radius 2 is 1.66 bits per heavy atom. The molecule has 1 N–H and O–H groups in total. The van der Waals surface area contributed by atoms with Crippen LogP contribution in [0, 0.1) is 0 Å². The summed E-state index contributed by atoms with van der Waals surface area (Å²) < 4.78 is 44.7. The molecule has 0 aliphatic carbocycles. The van der Waals surface area contributed by atoms with Gasteiger partial charge >= 0.3 is 0 Å². The first-order valence-electron chi connectivity index (χ1n) is 12.6. The zero-order valence-electron chi connectivity index (χ0n) is 21.2. The first kappa shape index (κ1) is 26.0. The molecule has 3 aromatic carbocycles. The van der Waals surface area contributed by atoms with Crippen molar-refractivity contribution in [1.82, 2.24) is 14.5 Å². The molecule has 2 aliphatic rings. The van der Waals surface area contributed by atoms with Crippen LogP contribution in [0.2, 0.25) is 0 Å². The SMILES string of the molecule is C[C@H](NS(=O)(=O)c1ccc(OCC(=O)N2CCN(Cc3ccc4c(c3)OCO4)CC2)cc1)c1ccccc1. The average Bonchev–Trinajstić information content (AvgIpc) is 3.41. The van der Waals surface area contributed by atoms with Gasteiger partial charge in [-0.05, 0) is 54.4 Å². The molecule has 1 fully saturated rings. The molecule has 10 heteroatoms. The van der Waals surface area contributed by atoms with Gasteiger partial charge in [-0.3, -0.25) is 9.69 Å². The van der Waals surface area contributed by atoms with E-state index in [0.29, 0.717) is 18.8 Å². The van der Waals surface area contributed by atoms with E-state index >= 15 is 0 Å². The number of rotatable bonds is 9. The first-order valence-corrected chi connectivity index (χ1v) is 14.0. The lowest BCUT2D eigenvalue weighted by Crippen LogP contribution is -2.49. The smallest absolute Gasteiger partial charge is 0.260 e. The molecule has 1 amide bonds. The Bertz CT molecular complexity index is 1360. The first-order chi connectivity index (χ1) is 18.4. The van der Waals surface area contributed by atoms with Crippen LogP contribution in [-0.4, -0.2) is 63.7 Å². The predicted molar refractivity (Wildman–Crippen MR) is 142 cm³/mol. The number of carbonyl (C=O) groups is 1. The van der Waals surface area contributed by atoms with E-state index in [1.807, 2.05) is 48.5 Å². The van der Waals surface area contributed by atoms with Crippen molar-refractivity contribution < 1.29 is 27.4 Å². The lowest BCUT2D eigenvalue weighted by atomic mass is 10.1. The van der Waals surface area contributed by atoms with Crippen LogP contribution >= 0.6 is 0 Å². The number of hydrogen-bond donors (Lipinski definition) is 1. The normalized spacial score (nSPS) is 16.3. The molecule has 5 rings (SSSR count). The van der Waals surface area contributed by atoms with Gasteiger partial charge in [-0.2, -0.15) is 0 Å². The van der Waals surface area contributed by atoms with E-state index in [1.54, 1.807) is 24.0 Å². The molecule has 0 radical (unpaired) electrons. The molecule has 200 valence electrons. The fourth-order valence-corrected chi connectivity index (χ4v) is 5.75. The molecule has 9 nitrogen and oxygen atoms in total. The zero-order chi connectivity index (χ0) is 26.5. The number of piperazine rings is 1. The molecule has 2 heterocycles. The fraction of sp³-hybridized carbons (Fsp3) is 0.321. The van der Waals surface area contributed by atoms with Crippen molar-refractivity contribution in [2.45, 2.75) is 24.4 Å². The molecule has 3 aromatic rings. The molecule has 0 bridgehead atoms. The van der Waals surface area contributed by atoms with Crippen LogP contribution in [0.4, 0.5) is 0 Å². The Morgan fingerprint density at radius 3 is 2.39 bits per heavy atom. The number of hydrogen-bond acceptors (Lipinski definition) is 7. The number of carbonyl (C=O) groups excluding carboxylic acids is 1. The van der Waals surface area contributed by atoms with Crippen molar-refractivity contribution in [3.63, 3.8) is 0 Å². The van der Waals surface area contributed by atoms with Gasteiger partial charge in [0.2, 0.25) is 16.8 Å². The van der Waals surface area contributed by atoms with Crippen molar-refractivity contribution in [2.75, 3.05) is 39.6 Å². The fourth-order valence-electron chi connectivity index (χ4n) is 4.51. The van der Waals surface area contributed by atoms with Crippen molar-refractivity contribution in [3.8, 4) is 17.2 Å². The number of sulfonamides is 1. The summed E-state index contributed by atoms with van der Waals surface area (Å²) in [5.41, 5.74) is 2.02. The molecular formula is C28H31N3O6S. The van der Waals surface area contributed by atoms with Crippen molar-refractivity contribution in [3.05, 3.63) is 83.9 Å². The largest absolute Gasteiger partial charge is 0.484 e. The molecule has 38 heavy (non-hydrogen) atoms. The minimum atomic E-state index is -3.70. The third kappa shape index (κ3) is 6.27. The van der Waals surface area contributed by atoms with Gasteiger partial charge in [-0.25, -0.2) is 13.1 Å². The molecule has 1 atom stereocenters. The van der Waals surface area contributed by atoms with Crippen LogP contribution in [0.3, 0.4) is 0 Å². The van der Waals surface area contributed by atoms with Gasteiger partial charge in [0.25, 0.3) is 5.91 Å². The van der Waals surface area contributed by atoms with E-state index < -0.39 is 10.0 Å². The highest BCUT2D eigenvalue weighted by molar-refractivity contribution is 7.89. The lowest BCUT2D eigenvalue weighted by molar-refractivity contribution is -0.135. The van der Waals surface area contributed by atoms with E-state index in [0.717, 1.165) is 42.3 Å². The van der Waals surface area contributed by atoms with Crippen molar-refractivity contribution >= 4 is 15.9 Å². The van der Waals surface area contributed by atoms with Crippen LogP contribution in [0.5, 0.6) is 17.2 Å². The zero-order valence-corrected chi connectivity index (χ0v) is 22.0. The Balaban J connectivity index is 1.07. The Labute approximate surface area is 223 Å². The number of ether oxygens (including phenoxy) is 3. The number of fused-ring (bicyclic) bond motifs is 1. The monoisotopic (exact) mass is 537 g/mol. The second-order valence-corrected chi connectivity index (χ2v) is 11.1. The predicted octanol–water partition coefficient (Wildman–Crippen LogP) is 3.18. The van der Waals surface area contributed by atoms with Gasteiger partial charge in [0, 0.05) is 38.8 Å². The van der Waals surface area contributed by atoms with Gasteiger partial charge in [-0.1, -0.05) is 36.4 Å². The molecular weight excluding hydrogens is 506 g/mol. The Kier molecular flexibility index (Phi) is 7.82. The maximum atomic E-state index is 12.8. The average molecular weight is 538 g/mol. The second kappa shape index (κ2) is 11.4.